The van der Waals surface area contributed by atoms with Gasteiger partial charge in [0.05, 0.1) is 27.6 Å². The van der Waals surface area contributed by atoms with E-state index in [4.69, 9.17) is 5.73 Å². The minimum atomic E-state index is -1.34. The SMILES string of the molecule is CC(=O)Nc1c(I)c(NC(C)=O)c(I)c(C(=O)N[C@@H](CCC(N)=O)C(=O)O)c1I. The summed E-state index contributed by atoms with van der Waals surface area (Å²) in [6, 6.07) is -1.34. The number of hydrogen-bond acceptors (Lipinski definition) is 5. The maximum atomic E-state index is 12.9. The molecular weight excluding hydrogens is 725 g/mol. The molecule has 1 aromatic rings. The summed E-state index contributed by atoms with van der Waals surface area (Å²) in [4.78, 5) is 58.5. The summed E-state index contributed by atoms with van der Waals surface area (Å²) < 4.78 is 1.26. The van der Waals surface area contributed by atoms with E-state index in [1.165, 1.54) is 13.8 Å². The van der Waals surface area contributed by atoms with E-state index in [-0.39, 0.29) is 30.2 Å². The van der Waals surface area contributed by atoms with Gasteiger partial charge in [0.2, 0.25) is 17.7 Å². The Morgan fingerprint density at radius 2 is 1.38 bits per heavy atom. The van der Waals surface area contributed by atoms with Gasteiger partial charge in [-0.15, -0.1) is 0 Å². The number of primary amides is 1. The smallest absolute Gasteiger partial charge is 0.326 e. The molecule has 4 amide bonds. The van der Waals surface area contributed by atoms with Gasteiger partial charge in [-0.25, -0.2) is 4.79 Å². The Hall–Kier alpha value is -1.24. The number of halogens is 3. The first-order valence-corrected chi connectivity index (χ1v) is 11.2. The molecule has 0 heterocycles. The lowest BCUT2D eigenvalue weighted by atomic mass is 10.1. The van der Waals surface area contributed by atoms with E-state index in [9.17, 15) is 29.1 Å². The molecule has 1 atom stereocenters. The maximum Gasteiger partial charge on any atom is 0.326 e. The number of anilines is 2. The molecule has 29 heavy (non-hydrogen) atoms. The zero-order chi connectivity index (χ0) is 22.5. The molecule has 0 saturated heterocycles. The summed E-state index contributed by atoms with van der Waals surface area (Å²) in [6.45, 7) is 2.60. The van der Waals surface area contributed by atoms with Crippen molar-refractivity contribution in [2.24, 2.45) is 5.73 Å². The fraction of sp³-hybridized carbons (Fsp3) is 0.312. The van der Waals surface area contributed by atoms with Crippen LogP contribution < -0.4 is 21.7 Å². The first-order chi connectivity index (χ1) is 13.4. The number of aliphatic carboxylic acids is 1. The maximum absolute atomic E-state index is 12.9. The minimum Gasteiger partial charge on any atom is -0.480 e. The van der Waals surface area contributed by atoms with Crippen molar-refractivity contribution < 1.29 is 29.1 Å². The number of carboxylic acids is 1. The second-order valence-electron chi connectivity index (χ2n) is 5.80. The van der Waals surface area contributed by atoms with Crippen LogP contribution in [0.2, 0.25) is 0 Å². The lowest BCUT2D eigenvalue weighted by Gasteiger charge is -2.21. The molecule has 158 valence electrons. The van der Waals surface area contributed by atoms with Gasteiger partial charge in [0, 0.05) is 20.3 Å². The Morgan fingerprint density at radius 3 is 1.72 bits per heavy atom. The Labute approximate surface area is 206 Å². The van der Waals surface area contributed by atoms with Gasteiger partial charge in [0.1, 0.15) is 6.04 Å². The summed E-state index contributed by atoms with van der Waals surface area (Å²) >= 11 is 5.68. The van der Waals surface area contributed by atoms with Gasteiger partial charge in [-0.2, -0.15) is 0 Å². The van der Waals surface area contributed by atoms with E-state index >= 15 is 0 Å². The third kappa shape index (κ3) is 7.19. The van der Waals surface area contributed by atoms with Crippen LogP contribution in [0.4, 0.5) is 11.4 Å². The van der Waals surface area contributed by atoms with Crippen LogP contribution in [0.1, 0.15) is 37.0 Å². The Morgan fingerprint density at radius 1 is 0.931 bits per heavy atom. The number of carboxylic acid groups (broad SMARTS) is 1. The largest absolute Gasteiger partial charge is 0.480 e. The highest BCUT2D eigenvalue weighted by molar-refractivity contribution is 14.1. The van der Waals surface area contributed by atoms with Crippen molar-refractivity contribution in [3.05, 3.63) is 16.3 Å². The highest BCUT2D eigenvalue weighted by Crippen LogP contribution is 2.39. The zero-order valence-electron chi connectivity index (χ0n) is 15.2. The Kier molecular flexibility index (Phi) is 9.99. The Bertz CT molecular complexity index is 847. The topological polar surface area (TPSA) is 168 Å². The van der Waals surface area contributed by atoms with Crippen molar-refractivity contribution >= 4 is 109 Å². The summed E-state index contributed by atoms with van der Waals surface area (Å²) in [7, 11) is 0. The van der Waals surface area contributed by atoms with Gasteiger partial charge in [-0.05, 0) is 74.2 Å². The molecule has 0 aliphatic carbocycles. The summed E-state index contributed by atoms with van der Waals surface area (Å²) in [5, 5.41) is 16.9. The zero-order valence-corrected chi connectivity index (χ0v) is 21.7. The molecule has 13 heteroatoms. The van der Waals surface area contributed by atoms with Gasteiger partial charge >= 0.3 is 5.97 Å². The molecule has 10 nitrogen and oxygen atoms in total. The molecule has 0 spiro atoms. The van der Waals surface area contributed by atoms with Gasteiger partial charge in [-0.1, -0.05) is 0 Å². The minimum absolute atomic E-state index is 0.0874. The summed E-state index contributed by atoms with van der Waals surface area (Å²) in [5.41, 5.74) is 5.77. The fourth-order valence-corrected chi connectivity index (χ4v) is 6.40. The van der Waals surface area contributed by atoms with Crippen molar-refractivity contribution in [3.63, 3.8) is 0 Å². The average molecular weight is 742 g/mol. The molecule has 0 radical (unpaired) electrons. The second-order valence-corrected chi connectivity index (χ2v) is 9.03. The van der Waals surface area contributed by atoms with Crippen LogP contribution >= 0.6 is 67.8 Å². The van der Waals surface area contributed by atoms with E-state index in [0.29, 0.717) is 22.1 Å². The van der Waals surface area contributed by atoms with Gasteiger partial charge in [0.15, 0.2) is 0 Å². The third-order valence-electron chi connectivity index (χ3n) is 3.43. The molecule has 6 N–H and O–H groups in total. The number of carbonyl (C=O) groups is 5. The number of benzene rings is 1. The van der Waals surface area contributed by atoms with Crippen LogP contribution in [0, 0.1) is 10.7 Å². The molecule has 0 aliphatic heterocycles. The number of carbonyl (C=O) groups excluding carboxylic acids is 4. The summed E-state index contributed by atoms with van der Waals surface area (Å²) in [6.07, 6.45) is -0.391. The first kappa shape index (κ1) is 25.8. The normalized spacial score (nSPS) is 11.3. The molecule has 0 bridgehead atoms. The van der Waals surface area contributed by atoms with Crippen molar-refractivity contribution in [3.8, 4) is 0 Å². The molecular formula is C16H17I3N4O6. The number of nitrogens with two attached hydrogens (primary N) is 1. The van der Waals surface area contributed by atoms with Crippen LogP contribution in [0.15, 0.2) is 0 Å². The highest BCUT2D eigenvalue weighted by atomic mass is 127. The predicted molar refractivity (Wildman–Crippen MR) is 131 cm³/mol. The number of rotatable bonds is 8. The molecule has 0 fully saturated rings. The highest BCUT2D eigenvalue weighted by Gasteiger charge is 2.28. The molecule has 0 aromatic heterocycles. The lowest BCUT2D eigenvalue weighted by molar-refractivity contribution is -0.139. The monoisotopic (exact) mass is 742 g/mol. The number of nitrogens with one attached hydrogen (secondary N) is 3. The molecule has 0 unspecified atom stereocenters. The van der Waals surface area contributed by atoms with E-state index in [1.54, 1.807) is 0 Å². The quantitative estimate of drug-likeness (QED) is 0.255. The van der Waals surface area contributed by atoms with Crippen LogP contribution in [0.25, 0.3) is 0 Å². The lowest BCUT2D eigenvalue weighted by Crippen LogP contribution is -2.42. The standard InChI is InChI=1S/C16H17I3N4O6/c1-5(24)21-13-10(17)9(11(18)14(12(13)19)22-6(2)25)15(27)23-7(16(28)29)3-4-8(20)26/h7H,3-4H2,1-2H3,(H2,20,26)(H,21,24)(H,22,25)(H,23,27)(H,28,29)/t7-/m0/s1. The van der Waals surface area contributed by atoms with Crippen LogP contribution in [0.5, 0.6) is 0 Å². The van der Waals surface area contributed by atoms with Gasteiger partial charge in [-0.3, -0.25) is 19.2 Å². The van der Waals surface area contributed by atoms with Crippen molar-refractivity contribution in [1.82, 2.24) is 5.32 Å². The van der Waals surface area contributed by atoms with Crippen LogP contribution in [0.3, 0.4) is 0 Å². The summed E-state index contributed by atoms with van der Waals surface area (Å²) in [5.74, 6) is -3.51. The van der Waals surface area contributed by atoms with E-state index in [2.05, 4.69) is 16.0 Å². The predicted octanol–water partition coefficient (Wildman–Crippen LogP) is 1.87. The average Bonchev–Trinajstić information content (AvgIpc) is 2.58. The van der Waals surface area contributed by atoms with E-state index in [0.717, 1.165) is 0 Å². The van der Waals surface area contributed by atoms with Crippen LogP contribution in [-0.2, 0) is 19.2 Å². The fourth-order valence-electron chi connectivity index (χ4n) is 2.21. The molecule has 1 rings (SSSR count). The Balaban J connectivity index is 3.48. The molecule has 1 aromatic carbocycles. The number of hydrogen-bond donors (Lipinski definition) is 5. The van der Waals surface area contributed by atoms with Crippen molar-refractivity contribution in [2.75, 3.05) is 10.6 Å². The first-order valence-electron chi connectivity index (χ1n) is 7.94. The van der Waals surface area contributed by atoms with E-state index < -0.39 is 23.8 Å². The second kappa shape index (κ2) is 11.2. The van der Waals surface area contributed by atoms with E-state index in [1.807, 2.05) is 67.8 Å². The van der Waals surface area contributed by atoms with Gasteiger partial charge < -0.3 is 26.8 Å². The van der Waals surface area contributed by atoms with Crippen LogP contribution in [-0.4, -0.2) is 40.7 Å². The molecule has 0 aliphatic rings. The van der Waals surface area contributed by atoms with Gasteiger partial charge in [0.25, 0.3) is 5.91 Å². The van der Waals surface area contributed by atoms with Crippen molar-refractivity contribution in [1.29, 1.82) is 0 Å². The molecule has 0 saturated carbocycles. The number of amides is 4. The van der Waals surface area contributed by atoms with Crippen molar-refractivity contribution in [2.45, 2.75) is 32.7 Å². The third-order valence-corrected chi connectivity index (χ3v) is 6.67.